The summed E-state index contributed by atoms with van der Waals surface area (Å²) in [5.74, 6) is 0. The number of rotatable bonds is 4. The molecule has 13 heavy (non-hydrogen) atoms. The summed E-state index contributed by atoms with van der Waals surface area (Å²) in [6.45, 7) is 2.71. The highest BCUT2D eigenvalue weighted by atomic mass is 16.5. The molecule has 1 heterocycles. The van der Waals surface area contributed by atoms with Gasteiger partial charge in [0, 0.05) is 19.9 Å². The Morgan fingerprint density at radius 2 is 2.46 bits per heavy atom. The second kappa shape index (κ2) is 4.67. The largest absolute Gasteiger partial charge is 0.397 e. The van der Waals surface area contributed by atoms with Gasteiger partial charge in [-0.25, -0.2) is 0 Å². The van der Waals surface area contributed by atoms with Crippen molar-refractivity contribution in [2.75, 3.05) is 24.7 Å². The third-order valence-electron chi connectivity index (χ3n) is 1.84. The second-order valence-corrected chi connectivity index (χ2v) is 2.89. The number of hydrogen-bond acceptors (Lipinski definition) is 4. The van der Waals surface area contributed by atoms with Crippen LogP contribution in [0.25, 0.3) is 0 Å². The Bertz CT molecular complexity index is 265. The molecule has 0 aliphatic carbocycles. The van der Waals surface area contributed by atoms with Gasteiger partial charge in [-0.3, -0.25) is 4.98 Å². The molecule has 0 spiro atoms. The fourth-order valence-electron chi connectivity index (χ4n) is 0.890. The van der Waals surface area contributed by atoms with E-state index in [0.717, 1.165) is 12.2 Å². The minimum atomic E-state index is 0.166. The normalized spacial score (nSPS) is 12.5. The van der Waals surface area contributed by atoms with E-state index in [1.54, 1.807) is 25.6 Å². The lowest BCUT2D eigenvalue weighted by atomic mass is 10.3. The van der Waals surface area contributed by atoms with Crippen molar-refractivity contribution in [3.8, 4) is 0 Å². The number of nitrogens with zero attached hydrogens (tertiary/aromatic N) is 1. The monoisotopic (exact) mass is 181 g/mol. The Morgan fingerprint density at radius 1 is 1.69 bits per heavy atom. The predicted octanol–water partition coefficient (Wildman–Crippen LogP) is 1.11. The summed E-state index contributed by atoms with van der Waals surface area (Å²) in [6.07, 6.45) is 3.54. The van der Waals surface area contributed by atoms with E-state index >= 15 is 0 Å². The van der Waals surface area contributed by atoms with Crippen molar-refractivity contribution in [1.82, 2.24) is 4.98 Å². The zero-order valence-electron chi connectivity index (χ0n) is 7.95. The maximum absolute atomic E-state index is 5.70. The molecular weight excluding hydrogens is 166 g/mol. The van der Waals surface area contributed by atoms with Crippen LogP contribution in [0, 0.1) is 0 Å². The van der Waals surface area contributed by atoms with Crippen LogP contribution in [0.5, 0.6) is 0 Å². The van der Waals surface area contributed by atoms with Gasteiger partial charge in [0.05, 0.1) is 23.7 Å². The third kappa shape index (κ3) is 2.91. The maximum Gasteiger partial charge on any atom is 0.0761 e. The number of nitrogens with one attached hydrogen (secondary N) is 1. The summed E-state index contributed by atoms with van der Waals surface area (Å²) >= 11 is 0. The van der Waals surface area contributed by atoms with Crippen molar-refractivity contribution < 1.29 is 4.74 Å². The van der Waals surface area contributed by atoms with Gasteiger partial charge in [-0.05, 0) is 13.0 Å². The number of nitrogen functional groups attached to an aromatic ring is 1. The van der Waals surface area contributed by atoms with Crippen molar-refractivity contribution in [2.24, 2.45) is 0 Å². The lowest BCUT2D eigenvalue weighted by molar-refractivity contribution is 0.129. The van der Waals surface area contributed by atoms with E-state index in [-0.39, 0.29) is 6.10 Å². The summed E-state index contributed by atoms with van der Waals surface area (Å²) in [5, 5.41) is 3.15. The van der Waals surface area contributed by atoms with Crippen LogP contribution in [0.2, 0.25) is 0 Å². The van der Waals surface area contributed by atoms with E-state index in [1.807, 2.05) is 6.92 Å². The Labute approximate surface area is 78.1 Å². The second-order valence-electron chi connectivity index (χ2n) is 2.89. The van der Waals surface area contributed by atoms with Crippen molar-refractivity contribution in [2.45, 2.75) is 13.0 Å². The molecule has 0 amide bonds. The molecule has 0 fully saturated rings. The molecule has 3 N–H and O–H groups in total. The average molecular weight is 181 g/mol. The first kappa shape index (κ1) is 9.80. The van der Waals surface area contributed by atoms with Gasteiger partial charge < -0.3 is 15.8 Å². The molecule has 0 saturated heterocycles. The molecule has 1 rings (SSSR count). The molecule has 72 valence electrons. The molecule has 0 radical (unpaired) electrons. The molecule has 0 aromatic carbocycles. The van der Waals surface area contributed by atoms with Crippen LogP contribution in [-0.4, -0.2) is 24.7 Å². The van der Waals surface area contributed by atoms with Crippen molar-refractivity contribution in [3.05, 3.63) is 18.5 Å². The van der Waals surface area contributed by atoms with Crippen molar-refractivity contribution in [3.63, 3.8) is 0 Å². The molecule has 0 aliphatic heterocycles. The van der Waals surface area contributed by atoms with Crippen LogP contribution in [-0.2, 0) is 4.74 Å². The predicted molar refractivity (Wildman–Crippen MR) is 53.6 cm³/mol. The van der Waals surface area contributed by atoms with Crippen LogP contribution in [0.1, 0.15) is 6.92 Å². The molecule has 1 atom stereocenters. The van der Waals surface area contributed by atoms with Gasteiger partial charge in [-0.2, -0.15) is 0 Å². The van der Waals surface area contributed by atoms with Gasteiger partial charge in [0.15, 0.2) is 0 Å². The highest BCUT2D eigenvalue weighted by Crippen LogP contribution is 2.14. The third-order valence-corrected chi connectivity index (χ3v) is 1.84. The molecule has 1 unspecified atom stereocenters. The molecule has 1 aromatic heterocycles. The molecule has 4 nitrogen and oxygen atoms in total. The lowest BCUT2D eigenvalue weighted by Gasteiger charge is -2.12. The molecule has 1 aromatic rings. The average Bonchev–Trinajstić information content (AvgIpc) is 2.16. The van der Waals surface area contributed by atoms with E-state index in [0.29, 0.717) is 5.69 Å². The summed E-state index contributed by atoms with van der Waals surface area (Å²) in [4.78, 5) is 3.97. The summed E-state index contributed by atoms with van der Waals surface area (Å²) < 4.78 is 5.09. The Hall–Kier alpha value is -1.29. The minimum absolute atomic E-state index is 0.166. The first-order valence-corrected chi connectivity index (χ1v) is 4.20. The Balaban J connectivity index is 2.50. The highest BCUT2D eigenvalue weighted by Gasteiger charge is 2.00. The van der Waals surface area contributed by atoms with Gasteiger partial charge in [0.25, 0.3) is 0 Å². The summed E-state index contributed by atoms with van der Waals surface area (Å²) in [6, 6.07) is 1.76. The van der Waals surface area contributed by atoms with E-state index in [1.165, 1.54) is 0 Å². The number of pyridine rings is 1. The topological polar surface area (TPSA) is 60.2 Å². The summed E-state index contributed by atoms with van der Waals surface area (Å²) in [7, 11) is 1.68. The Kier molecular flexibility index (Phi) is 3.52. The fraction of sp³-hybridized carbons (Fsp3) is 0.444. The minimum Gasteiger partial charge on any atom is -0.397 e. The van der Waals surface area contributed by atoms with Gasteiger partial charge in [-0.1, -0.05) is 0 Å². The number of methoxy groups -OCH3 is 1. The van der Waals surface area contributed by atoms with Crippen molar-refractivity contribution >= 4 is 11.4 Å². The summed E-state index contributed by atoms with van der Waals surface area (Å²) in [5.41, 5.74) is 7.26. The Morgan fingerprint density at radius 3 is 3.08 bits per heavy atom. The van der Waals surface area contributed by atoms with Gasteiger partial charge >= 0.3 is 0 Å². The van der Waals surface area contributed by atoms with Crippen molar-refractivity contribution in [1.29, 1.82) is 0 Å². The fourth-order valence-corrected chi connectivity index (χ4v) is 0.890. The molecule has 0 aliphatic rings. The molecular formula is C9H15N3O. The zero-order valence-corrected chi connectivity index (χ0v) is 7.95. The molecule has 0 bridgehead atoms. The number of ether oxygens (including phenoxy) is 1. The SMILES string of the molecule is COC(C)CNc1cnccc1N. The van der Waals surface area contributed by atoms with Gasteiger partial charge in [-0.15, -0.1) is 0 Å². The lowest BCUT2D eigenvalue weighted by Crippen LogP contribution is -2.18. The van der Waals surface area contributed by atoms with E-state index in [4.69, 9.17) is 10.5 Å². The first-order chi connectivity index (χ1) is 6.24. The molecule has 0 saturated carbocycles. The van der Waals surface area contributed by atoms with E-state index in [9.17, 15) is 0 Å². The van der Waals surface area contributed by atoms with Crippen LogP contribution >= 0.6 is 0 Å². The van der Waals surface area contributed by atoms with Crippen LogP contribution in [0.15, 0.2) is 18.5 Å². The number of anilines is 2. The number of aromatic nitrogens is 1. The zero-order chi connectivity index (χ0) is 9.68. The molecule has 4 heteroatoms. The van der Waals surface area contributed by atoms with Crippen LogP contribution in [0.4, 0.5) is 11.4 Å². The number of nitrogens with two attached hydrogens (primary N) is 1. The van der Waals surface area contributed by atoms with Gasteiger partial charge in [0.1, 0.15) is 0 Å². The highest BCUT2D eigenvalue weighted by molar-refractivity contribution is 5.64. The van der Waals surface area contributed by atoms with Crippen LogP contribution in [0.3, 0.4) is 0 Å². The number of hydrogen-bond donors (Lipinski definition) is 2. The maximum atomic E-state index is 5.70. The van der Waals surface area contributed by atoms with Gasteiger partial charge in [0.2, 0.25) is 0 Å². The van der Waals surface area contributed by atoms with E-state index < -0.39 is 0 Å². The van der Waals surface area contributed by atoms with Crippen LogP contribution < -0.4 is 11.1 Å². The smallest absolute Gasteiger partial charge is 0.0761 e. The van der Waals surface area contributed by atoms with E-state index in [2.05, 4.69) is 10.3 Å². The quantitative estimate of drug-likeness (QED) is 0.730. The first-order valence-electron chi connectivity index (χ1n) is 4.20. The standard InChI is InChI=1S/C9H15N3O/c1-7(13-2)5-12-9-6-11-4-3-8(9)10/h3-4,6-7,12H,5H2,1-2H3,(H2,10,11).